The van der Waals surface area contributed by atoms with Crippen molar-refractivity contribution in [3.63, 3.8) is 0 Å². The number of carbonyl (C=O) groups excluding carboxylic acids is 1. The molecule has 0 spiro atoms. The summed E-state index contributed by atoms with van der Waals surface area (Å²) in [5.74, 6) is -1.46. The monoisotopic (exact) mass is 220 g/mol. The molecule has 0 aliphatic rings. The second-order valence-electron chi connectivity index (χ2n) is 1.71. The van der Waals surface area contributed by atoms with Gasteiger partial charge in [0.1, 0.15) is 12.4 Å². The first-order valence-electron chi connectivity index (χ1n) is 2.87. The van der Waals surface area contributed by atoms with Crippen LogP contribution in [0.25, 0.3) is 0 Å². The summed E-state index contributed by atoms with van der Waals surface area (Å²) < 4.78 is 28.3. The van der Waals surface area contributed by atoms with Gasteiger partial charge < -0.3 is 0 Å². The van der Waals surface area contributed by atoms with Crippen LogP contribution >= 0.6 is 0 Å². The van der Waals surface area contributed by atoms with Gasteiger partial charge in [0.2, 0.25) is 0 Å². The Morgan fingerprint density at radius 2 is 2.08 bits per heavy atom. The van der Waals surface area contributed by atoms with Gasteiger partial charge in [0.25, 0.3) is 10.1 Å². The topological polar surface area (TPSA) is 89.9 Å². The Labute approximate surface area is 97.9 Å². The third kappa shape index (κ3) is 12.1. The Morgan fingerprint density at radius 3 is 2.46 bits per heavy atom. The quantitative estimate of drug-likeness (QED) is 0.158. The van der Waals surface area contributed by atoms with E-state index in [1.807, 2.05) is 0 Å². The second kappa shape index (κ2) is 7.48. The molecule has 8 heteroatoms. The minimum atomic E-state index is -4.07. The van der Waals surface area contributed by atoms with Crippen molar-refractivity contribution < 1.29 is 27.5 Å². The maximum atomic E-state index is 10.3. The first-order chi connectivity index (χ1) is 5.45. The molecule has 13 heavy (non-hydrogen) atoms. The summed E-state index contributed by atoms with van der Waals surface area (Å²) in [7, 11) is -4.07. The van der Waals surface area contributed by atoms with Gasteiger partial charge >= 0.3 is 35.5 Å². The average Bonchev–Trinajstić information content (AvgIpc) is 1.96. The number of rotatable bonds is 5. The Hall–Kier alpha value is 0.0800. The maximum absolute atomic E-state index is 10.3. The fraction of sp³-hybridized carbons (Fsp3) is 0.400. The molecular weight excluding hydrogens is 211 g/mol. The third-order valence-electron chi connectivity index (χ3n) is 0.732. The van der Waals surface area contributed by atoms with Gasteiger partial charge in [-0.25, -0.2) is 4.79 Å². The molecule has 0 saturated heterocycles. The Kier molecular flexibility index (Phi) is 8.95. The van der Waals surface area contributed by atoms with E-state index in [0.29, 0.717) is 0 Å². The molecule has 0 aliphatic heterocycles. The SMILES string of the molecule is C=CC(=O)OOCCS(=O)(=O)O.[NaH]. The summed E-state index contributed by atoms with van der Waals surface area (Å²) in [5.41, 5.74) is 0. The molecule has 72 valence electrons. The molecule has 0 aromatic carbocycles. The standard InChI is InChI=1S/C5H8O6S.Na.H/c1-2-5(6)11-10-3-4-12(7,8)9;;/h2H,1,3-4H2,(H,7,8,9);;. The van der Waals surface area contributed by atoms with Crippen LogP contribution < -0.4 is 0 Å². The van der Waals surface area contributed by atoms with E-state index in [2.05, 4.69) is 16.4 Å². The van der Waals surface area contributed by atoms with Gasteiger partial charge in [-0.15, -0.1) is 0 Å². The van der Waals surface area contributed by atoms with Crippen molar-refractivity contribution in [3.05, 3.63) is 12.7 Å². The molecule has 0 saturated carbocycles. The molecule has 6 nitrogen and oxygen atoms in total. The van der Waals surface area contributed by atoms with E-state index in [9.17, 15) is 13.2 Å². The Bertz CT molecular complexity index is 258. The van der Waals surface area contributed by atoms with Gasteiger partial charge in [-0.2, -0.15) is 13.3 Å². The van der Waals surface area contributed by atoms with Crippen molar-refractivity contribution in [2.45, 2.75) is 0 Å². The predicted octanol–water partition coefficient (Wildman–Crippen LogP) is -1.11. The van der Waals surface area contributed by atoms with Crippen LogP contribution in [0.3, 0.4) is 0 Å². The van der Waals surface area contributed by atoms with Gasteiger partial charge in [0.05, 0.1) is 0 Å². The van der Waals surface area contributed by atoms with Crippen molar-refractivity contribution in [3.8, 4) is 0 Å². The molecule has 0 amide bonds. The van der Waals surface area contributed by atoms with Crippen molar-refractivity contribution in [2.24, 2.45) is 0 Å². The van der Waals surface area contributed by atoms with Gasteiger partial charge in [-0.3, -0.25) is 9.44 Å². The molecule has 0 radical (unpaired) electrons. The second-order valence-corrected chi connectivity index (χ2v) is 3.29. The molecule has 0 bridgehead atoms. The molecule has 0 heterocycles. The molecule has 0 aromatic rings. The van der Waals surface area contributed by atoms with Crippen LogP contribution in [0, 0.1) is 0 Å². The van der Waals surface area contributed by atoms with Crippen LogP contribution in [-0.2, 0) is 24.7 Å². The predicted molar refractivity (Wildman–Crippen MR) is 45.8 cm³/mol. The summed E-state index contributed by atoms with van der Waals surface area (Å²) in [6.07, 6.45) is 0.855. The van der Waals surface area contributed by atoms with E-state index in [1.165, 1.54) is 0 Å². The molecule has 0 fully saturated rings. The summed E-state index contributed by atoms with van der Waals surface area (Å²) >= 11 is 0. The van der Waals surface area contributed by atoms with Crippen LogP contribution in [0.1, 0.15) is 0 Å². The van der Waals surface area contributed by atoms with E-state index < -0.39 is 28.4 Å². The Morgan fingerprint density at radius 1 is 1.54 bits per heavy atom. The van der Waals surface area contributed by atoms with E-state index in [-0.39, 0.29) is 29.6 Å². The molecule has 0 aliphatic carbocycles. The fourth-order valence-corrected chi connectivity index (χ4v) is 0.552. The normalized spacial score (nSPS) is 9.92. The van der Waals surface area contributed by atoms with Crippen LogP contribution in [-0.4, -0.2) is 60.9 Å². The molecule has 0 rings (SSSR count). The molecule has 0 atom stereocenters. The van der Waals surface area contributed by atoms with E-state index >= 15 is 0 Å². The van der Waals surface area contributed by atoms with Crippen molar-refractivity contribution in [1.82, 2.24) is 0 Å². The zero-order valence-electron chi connectivity index (χ0n) is 6.10. The van der Waals surface area contributed by atoms with Crippen molar-refractivity contribution in [1.29, 1.82) is 0 Å². The first-order valence-corrected chi connectivity index (χ1v) is 4.47. The molecule has 0 aromatic heterocycles. The average molecular weight is 220 g/mol. The van der Waals surface area contributed by atoms with Crippen LogP contribution in [0.15, 0.2) is 12.7 Å². The van der Waals surface area contributed by atoms with Crippen LogP contribution in [0.4, 0.5) is 0 Å². The minimum absolute atomic E-state index is 0. The zero-order chi connectivity index (χ0) is 9.61. The van der Waals surface area contributed by atoms with E-state index in [0.717, 1.165) is 6.08 Å². The van der Waals surface area contributed by atoms with Crippen LogP contribution in [0.5, 0.6) is 0 Å². The van der Waals surface area contributed by atoms with Gasteiger partial charge in [0.15, 0.2) is 0 Å². The first kappa shape index (κ1) is 15.5. The molecule has 1 N–H and O–H groups in total. The Balaban J connectivity index is 0. The number of hydrogen-bond acceptors (Lipinski definition) is 5. The molecule has 0 unspecified atom stereocenters. The van der Waals surface area contributed by atoms with E-state index in [1.54, 1.807) is 0 Å². The zero-order valence-corrected chi connectivity index (χ0v) is 6.91. The third-order valence-corrected chi connectivity index (χ3v) is 1.41. The number of hydrogen-bond donors (Lipinski definition) is 1. The van der Waals surface area contributed by atoms with E-state index in [4.69, 9.17) is 4.55 Å². The summed E-state index contributed by atoms with van der Waals surface area (Å²) in [6.45, 7) is 2.65. The van der Waals surface area contributed by atoms with Crippen molar-refractivity contribution in [2.75, 3.05) is 12.4 Å². The summed E-state index contributed by atoms with van der Waals surface area (Å²) in [6, 6.07) is 0. The number of carbonyl (C=O) groups is 1. The van der Waals surface area contributed by atoms with Gasteiger partial charge in [0, 0.05) is 6.08 Å². The summed E-state index contributed by atoms with van der Waals surface area (Å²) in [5, 5.41) is 0. The van der Waals surface area contributed by atoms with Crippen LogP contribution in [0.2, 0.25) is 0 Å². The van der Waals surface area contributed by atoms with Crippen molar-refractivity contribution >= 4 is 45.6 Å². The van der Waals surface area contributed by atoms with Gasteiger partial charge in [-0.1, -0.05) is 6.58 Å². The summed E-state index contributed by atoms with van der Waals surface area (Å²) in [4.78, 5) is 18.3. The van der Waals surface area contributed by atoms with Gasteiger partial charge in [-0.05, 0) is 0 Å². The molecular formula is C5H9NaO6S. The fourth-order valence-electron chi connectivity index (χ4n) is 0.273.